The molecule has 6 nitrogen and oxygen atoms in total. The number of hydrogen-bond donors (Lipinski definition) is 1. The molecule has 1 fully saturated rings. The van der Waals surface area contributed by atoms with Gasteiger partial charge in [-0.15, -0.1) is 0 Å². The normalized spacial score (nSPS) is 16.1. The van der Waals surface area contributed by atoms with Gasteiger partial charge >= 0.3 is 6.18 Å². The van der Waals surface area contributed by atoms with E-state index in [1.54, 1.807) is 19.1 Å². The Kier molecular flexibility index (Phi) is 6.80. The summed E-state index contributed by atoms with van der Waals surface area (Å²) in [5, 5.41) is 2.37. The molecule has 174 valence electrons. The maximum atomic E-state index is 13.4. The Labute approximate surface area is 183 Å². The van der Waals surface area contributed by atoms with Crippen LogP contribution >= 0.6 is 0 Å². The summed E-state index contributed by atoms with van der Waals surface area (Å²) < 4.78 is 84.6. The fraction of sp³-hybridized carbons (Fsp3) is 0.381. The highest BCUT2D eigenvalue weighted by Crippen LogP contribution is 2.34. The van der Waals surface area contributed by atoms with E-state index in [0.717, 1.165) is 11.6 Å². The van der Waals surface area contributed by atoms with Gasteiger partial charge in [-0.2, -0.15) is 17.5 Å². The van der Waals surface area contributed by atoms with Crippen molar-refractivity contribution in [3.05, 3.63) is 53.3 Å². The number of halogens is 4. The minimum absolute atomic E-state index is 0.0360. The predicted molar refractivity (Wildman–Crippen MR) is 109 cm³/mol. The molecule has 2 aromatic rings. The fourth-order valence-corrected chi connectivity index (χ4v) is 5.26. The SMILES string of the molecule is COc1ccc(C)cc1S(=O)(=O)N1CCC(C(=O)Nc2ccc(F)c(C(F)(F)F)c2)CC1. The predicted octanol–water partition coefficient (Wildman–Crippen LogP) is 4.20. The van der Waals surface area contributed by atoms with Gasteiger partial charge in [-0.3, -0.25) is 4.79 Å². The average molecular weight is 474 g/mol. The lowest BCUT2D eigenvalue weighted by molar-refractivity contribution is -0.140. The molecule has 1 heterocycles. The molecule has 0 saturated carbocycles. The third kappa shape index (κ3) is 5.04. The van der Waals surface area contributed by atoms with E-state index in [-0.39, 0.29) is 42.3 Å². The first kappa shape index (κ1) is 24.0. The van der Waals surface area contributed by atoms with Crippen LogP contribution in [0.1, 0.15) is 24.0 Å². The Morgan fingerprint density at radius 1 is 1.12 bits per heavy atom. The van der Waals surface area contributed by atoms with Crippen LogP contribution in [-0.4, -0.2) is 38.8 Å². The van der Waals surface area contributed by atoms with Crippen LogP contribution in [0.4, 0.5) is 23.2 Å². The Bertz CT molecular complexity index is 1110. The van der Waals surface area contributed by atoms with E-state index in [9.17, 15) is 30.8 Å². The number of anilines is 1. The monoisotopic (exact) mass is 474 g/mol. The van der Waals surface area contributed by atoms with E-state index >= 15 is 0 Å². The summed E-state index contributed by atoms with van der Waals surface area (Å²) in [7, 11) is -2.48. The molecule has 0 aliphatic carbocycles. The van der Waals surface area contributed by atoms with Crippen LogP contribution < -0.4 is 10.1 Å². The summed E-state index contributed by atoms with van der Waals surface area (Å²) in [6.45, 7) is 1.89. The molecule has 1 aliphatic rings. The zero-order chi connectivity index (χ0) is 23.7. The van der Waals surface area contributed by atoms with E-state index < -0.39 is 39.4 Å². The van der Waals surface area contributed by atoms with Crippen LogP contribution in [0.5, 0.6) is 5.75 Å². The summed E-state index contributed by atoms with van der Waals surface area (Å²) in [4.78, 5) is 12.5. The molecule has 0 unspecified atom stereocenters. The number of piperidine rings is 1. The number of rotatable bonds is 5. The second kappa shape index (κ2) is 9.07. The number of sulfonamides is 1. The van der Waals surface area contributed by atoms with E-state index in [0.29, 0.717) is 12.1 Å². The van der Waals surface area contributed by atoms with E-state index in [2.05, 4.69) is 5.32 Å². The van der Waals surface area contributed by atoms with Gasteiger partial charge < -0.3 is 10.1 Å². The number of amides is 1. The third-order valence-corrected chi connectivity index (χ3v) is 7.22. The summed E-state index contributed by atoms with van der Waals surface area (Å²) in [6.07, 6.45) is -4.51. The van der Waals surface area contributed by atoms with Gasteiger partial charge in [-0.1, -0.05) is 6.07 Å². The van der Waals surface area contributed by atoms with Crippen LogP contribution in [0.15, 0.2) is 41.3 Å². The molecule has 3 rings (SSSR count). The number of nitrogens with one attached hydrogen (secondary N) is 1. The van der Waals surface area contributed by atoms with Crippen LogP contribution in [0.2, 0.25) is 0 Å². The molecule has 1 saturated heterocycles. The van der Waals surface area contributed by atoms with E-state index in [1.807, 2.05) is 0 Å². The highest BCUT2D eigenvalue weighted by molar-refractivity contribution is 7.89. The van der Waals surface area contributed by atoms with Gasteiger partial charge in [0.05, 0.1) is 12.7 Å². The Balaban J connectivity index is 1.68. The first-order chi connectivity index (χ1) is 14.9. The Morgan fingerprint density at radius 2 is 1.78 bits per heavy atom. The molecule has 1 amide bonds. The zero-order valence-electron chi connectivity index (χ0n) is 17.4. The number of benzene rings is 2. The van der Waals surface area contributed by atoms with Crippen LogP contribution in [0.25, 0.3) is 0 Å². The molecule has 0 aromatic heterocycles. The minimum Gasteiger partial charge on any atom is -0.495 e. The van der Waals surface area contributed by atoms with Crippen molar-refractivity contribution in [2.45, 2.75) is 30.8 Å². The van der Waals surface area contributed by atoms with Crippen molar-refractivity contribution < 1.29 is 35.5 Å². The Hall–Kier alpha value is -2.66. The lowest BCUT2D eigenvalue weighted by Gasteiger charge is -2.31. The van der Waals surface area contributed by atoms with Crippen molar-refractivity contribution >= 4 is 21.6 Å². The topological polar surface area (TPSA) is 75.7 Å². The lowest BCUT2D eigenvalue weighted by Crippen LogP contribution is -2.41. The number of carbonyl (C=O) groups excluding carboxylic acids is 1. The van der Waals surface area contributed by atoms with Crippen LogP contribution in [0, 0.1) is 18.7 Å². The number of carbonyl (C=O) groups is 1. The van der Waals surface area contributed by atoms with Gasteiger partial charge in [-0.05, 0) is 55.7 Å². The molecule has 0 spiro atoms. The molecule has 0 bridgehead atoms. The molecule has 11 heteroatoms. The number of alkyl halides is 3. The Morgan fingerprint density at radius 3 is 2.38 bits per heavy atom. The summed E-state index contributed by atoms with van der Waals surface area (Å²) in [5.74, 6) is -2.36. The zero-order valence-corrected chi connectivity index (χ0v) is 18.2. The maximum Gasteiger partial charge on any atom is 0.419 e. The van der Waals surface area contributed by atoms with Crippen molar-refractivity contribution in [1.29, 1.82) is 0 Å². The van der Waals surface area contributed by atoms with Gasteiger partial charge in [0.25, 0.3) is 0 Å². The lowest BCUT2D eigenvalue weighted by atomic mass is 9.97. The molecule has 1 N–H and O–H groups in total. The largest absolute Gasteiger partial charge is 0.495 e. The molecule has 1 aliphatic heterocycles. The summed E-state index contributed by atoms with van der Waals surface area (Å²) >= 11 is 0. The van der Waals surface area contributed by atoms with Crippen molar-refractivity contribution in [3.8, 4) is 5.75 Å². The highest BCUT2D eigenvalue weighted by Gasteiger charge is 2.36. The molecule has 2 aromatic carbocycles. The first-order valence-electron chi connectivity index (χ1n) is 9.76. The third-order valence-electron chi connectivity index (χ3n) is 5.30. The number of nitrogens with zero attached hydrogens (tertiary/aromatic N) is 1. The van der Waals surface area contributed by atoms with Crippen molar-refractivity contribution in [1.82, 2.24) is 4.31 Å². The van der Waals surface area contributed by atoms with Gasteiger partial charge in [0.15, 0.2) is 0 Å². The smallest absolute Gasteiger partial charge is 0.419 e. The fourth-order valence-electron chi connectivity index (χ4n) is 3.55. The second-order valence-electron chi connectivity index (χ2n) is 7.51. The number of hydrogen-bond acceptors (Lipinski definition) is 4. The van der Waals surface area contributed by atoms with Crippen LogP contribution in [-0.2, 0) is 21.0 Å². The van der Waals surface area contributed by atoms with E-state index in [1.165, 1.54) is 17.5 Å². The highest BCUT2D eigenvalue weighted by atomic mass is 32.2. The number of ether oxygens (including phenoxy) is 1. The quantitative estimate of drug-likeness (QED) is 0.659. The molecule has 0 atom stereocenters. The van der Waals surface area contributed by atoms with Gasteiger partial charge in [0.2, 0.25) is 15.9 Å². The van der Waals surface area contributed by atoms with Crippen molar-refractivity contribution in [3.63, 3.8) is 0 Å². The average Bonchev–Trinajstić information content (AvgIpc) is 2.74. The van der Waals surface area contributed by atoms with Gasteiger partial charge in [0.1, 0.15) is 16.5 Å². The van der Waals surface area contributed by atoms with E-state index in [4.69, 9.17) is 4.74 Å². The molecule has 0 radical (unpaired) electrons. The summed E-state index contributed by atoms with van der Waals surface area (Å²) in [6, 6.07) is 7.04. The minimum atomic E-state index is -4.89. The summed E-state index contributed by atoms with van der Waals surface area (Å²) in [5.41, 5.74) is -0.900. The molecular weight excluding hydrogens is 452 g/mol. The van der Waals surface area contributed by atoms with Crippen molar-refractivity contribution in [2.75, 3.05) is 25.5 Å². The maximum absolute atomic E-state index is 13.4. The standard InChI is InChI=1S/C21H22F4N2O4S/c1-13-3-6-18(31-2)19(11-13)32(29,30)27-9-7-14(8-10-27)20(28)26-15-4-5-17(22)16(12-15)21(23,24)25/h3-6,11-12,14H,7-10H2,1-2H3,(H,26,28). The number of methoxy groups -OCH3 is 1. The van der Waals surface area contributed by atoms with Crippen molar-refractivity contribution in [2.24, 2.45) is 5.92 Å². The molecule has 32 heavy (non-hydrogen) atoms. The van der Waals surface area contributed by atoms with Gasteiger partial charge in [0, 0.05) is 24.7 Å². The van der Waals surface area contributed by atoms with Crippen LogP contribution in [0.3, 0.4) is 0 Å². The second-order valence-corrected chi connectivity index (χ2v) is 9.42. The first-order valence-corrected chi connectivity index (χ1v) is 11.2. The number of aryl methyl sites for hydroxylation is 1. The van der Waals surface area contributed by atoms with Gasteiger partial charge in [-0.25, -0.2) is 12.8 Å². The molecular formula is C21H22F4N2O4S.